The Labute approximate surface area is 114 Å². The first-order valence-electron chi connectivity index (χ1n) is 6.08. The number of hydrogen-bond donors (Lipinski definition) is 1. The van der Waals surface area contributed by atoms with Gasteiger partial charge in [0.25, 0.3) is 0 Å². The minimum atomic E-state index is -1.04. The molecule has 0 amide bonds. The van der Waals surface area contributed by atoms with Crippen LogP contribution in [0.1, 0.15) is 15.9 Å². The van der Waals surface area contributed by atoms with Crippen molar-refractivity contribution in [3.8, 4) is 11.3 Å². The van der Waals surface area contributed by atoms with Gasteiger partial charge in [0.15, 0.2) is 11.4 Å². The minimum Gasteiger partial charge on any atom is -0.478 e. The number of carboxylic acids is 1. The topological polar surface area (TPSA) is 50.4 Å². The van der Waals surface area contributed by atoms with Crippen molar-refractivity contribution in [3.63, 3.8) is 0 Å². The van der Waals surface area contributed by atoms with E-state index in [-0.39, 0.29) is 11.1 Å². The summed E-state index contributed by atoms with van der Waals surface area (Å²) in [5.74, 6) is -1.15. The summed E-state index contributed by atoms with van der Waals surface area (Å²) in [5.41, 5.74) is 1.63. The number of furan rings is 1. The highest BCUT2D eigenvalue weighted by Gasteiger charge is 2.16. The molecule has 0 aliphatic heterocycles. The van der Waals surface area contributed by atoms with E-state index in [2.05, 4.69) is 0 Å². The molecule has 2 aromatic carbocycles. The number of benzene rings is 2. The van der Waals surface area contributed by atoms with Crippen molar-refractivity contribution in [3.05, 3.63) is 59.4 Å². The SMILES string of the molecule is Cc1ccc(C(=O)O)c(-c2cc3cccc(F)c3o2)c1. The molecule has 100 valence electrons. The fourth-order valence-corrected chi connectivity index (χ4v) is 2.21. The van der Waals surface area contributed by atoms with Gasteiger partial charge in [0, 0.05) is 10.9 Å². The first-order valence-corrected chi connectivity index (χ1v) is 6.08. The maximum atomic E-state index is 13.6. The van der Waals surface area contributed by atoms with Crippen molar-refractivity contribution in [2.45, 2.75) is 6.92 Å². The predicted octanol–water partition coefficient (Wildman–Crippen LogP) is 4.25. The Kier molecular flexibility index (Phi) is 2.79. The zero-order chi connectivity index (χ0) is 14.3. The Morgan fingerprint density at radius 2 is 2.00 bits per heavy atom. The molecule has 0 aliphatic carbocycles. The molecule has 0 bridgehead atoms. The Morgan fingerprint density at radius 1 is 1.20 bits per heavy atom. The van der Waals surface area contributed by atoms with Crippen LogP contribution >= 0.6 is 0 Å². The largest absolute Gasteiger partial charge is 0.478 e. The second kappa shape index (κ2) is 4.49. The highest BCUT2D eigenvalue weighted by molar-refractivity contribution is 5.96. The summed E-state index contributed by atoms with van der Waals surface area (Å²) in [6.07, 6.45) is 0. The van der Waals surface area contributed by atoms with Crippen LogP contribution < -0.4 is 0 Å². The van der Waals surface area contributed by atoms with Crippen LogP contribution in [-0.2, 0) is 0 Å². The number of halogens is 1. The third kappa shape index (κ3) is 1.95. The average molecular weight is 270 g/mol. The third-order valence-corrected chi connectivity index (χ3v) is 3.17. The van der Waals surface area contributed by atoms with Gasteiger partial charge in [0.2, 0.25) is 0 Å². The number of aryl methyl sites for hydroxylation is 1. The van der Waals surface area contributed by atoms with Crippen LogP contribution in [0.2, 0.25) is 0 Å². The van der Waals surface area contributed by atoms with E-state index in [1.54, 1.807) is 30.3 Å². The zero-order valence-electron chi connectivity index (χ0n) is 10.7. The van der Waals surface area contributed by atoms with Crippen molar-refractivity contribution in [1.82, 2.24) is 0 Å². The van der Waals surface area contributed by atoms with E-state index in [9.17, 15) is 14.3 Å². The van der Waals surface area contributed by atoms with Gasteiger partial charge < -0.3 is 9.52 Å². The lowest BCUT2D eigenvalue weighted by molar-refractivity contribution is 0.0697. The molecule has 1 heterocycles. The van der Waals surface area contributed by atoms with Crippen LogP contribution in [0.5, 0.6) is 0 Å². The lowest BCUT2D eigenvalue weighted by Crippen LogP contribution is -1.99. The van der Waals surface area contributed by atoms with Crippen LogP contribution in [0.25, 0.3) is 22.3 Å². The monoisotopic (exact) mass is 270 g/mol. The summed E-state index contributed by atoms with van der Waals surface area (Å²) in [6.45, 7) is 1.86. The third-order valence-electron chi connectivity index (χ3n) is 3.17. The van der Waals surface area contributed by atoms with Crippen LogP contribution in [0.3, 0.4) is 0 Å². The van der Waals surface area contributed by atoms with Gasteiger partial charge in [-0.1, -0.05) is 23.8 Å². The van der Waals surface area contributed by atoms with E-state index in [0.717, 1.165) is 5.56 Å². The first-order chi connectivity index (χ1) is 9.56. The summed E-state index contributed by atoms with van der Waals surface area (Å²) < 4.78 is 19.1. The second-order valence-corrected chi connectivity index (χ2v) is 4.62. The Balaban J connectivity index is 2.27. The van der Waals surface area contributed by atoms with Gasteiger partial charge in [-0.25, -0.2) is 9.18 Å². The molecular formula is C16H11FO3. The van der Waals surface area contributed by atoms with E-state index in [0.29, 0.717) is 16.7 Å². The van der Waals surface area contributed by atoms with Crippen LogP contribution in [0.4, 0.5) is 4.39 Å². The molecule has 0 spiro atoms. The van der Waals surface area contributed by atoms with E-state index in [1.165, 1.54) is 12.1 Å². The Hall–Kier alpha value is -2.62. The van der Waals surface area contributed by atoms with Crippen LogP contribution in [-0.4, -0.2) is 11.1 Å². The normalized spacial score (nSPS) is 10.9. The standard InChI is InChI=1S/C16H11FO3/c1-9-5-6-11(16(18)19)12(7-9)14-8-10-3-2-4-13(17)15(10)20-14/h2-8H,1H3,(H,18,19). The number of fused-ring (bicyclic) bond motifs is 1. The summed E-state index contributed by atoms with van der Waals surface area (Å²) in [7, 11) is 0. The number of rotatable bonds is 2. The van der Waals surface area contributed by atoms with Gasteiger partial charge in [0.05, 0.1) is 5.56 Å². The molecule has 0 saturated carbocycles. The summed E-state index contributed by atoms with van der Waals surface area (Å²) in [4.78, 5) is 11.3. The van der Waals surface area contributed by atoms with Crippen molar-refractivity contribution < 1.29 is 18.7 Å². The number of para-hydroxylation sites is 1. The fourth-order valence-electron chi connectivity index (χ4n) is 2.21. The van der Waals surface area contributed by atoms with E-state index in [1.807, 2.05) is 6.92 Å². The average Bonchev–Trinajstić information content (AvgIpc) is 2.83. The summed E-state index contributed by atoms with van der Waals surface area (Å²) >= 11 is 0. The molecule has 0 atom stereocenters. The van der Waals surface area contributed by atoms with Crippen LogP contribution in [0, 0.1) is 12.7 Å². The second-order valence-electron chi connectivity index (χ2n) is 4.62. The zero-order valence-corrected chi connectivity index (χ0v) is 10.7. The Morgan fingerprint density at radius 3 is 2.70 bits per heavy atom. The molecule has 0 saturated heterocycles. The molecule has 20 heavy (non-hydrogen) atoms. The fraction of sp³-hybridized carbons (Fsp3) is 0.0625. The highest BCUT2D eigenvalue weighted by Crippen LogP contribution is 2.32. The van der Waals surface area contributed by atoms with Gasteiger partial charge >= 0.3 is 5.97 Å². The summed E-state index contributed by atoms with van der Waals surface area (Å²) in [6, 6.07) is 11.2. The molecule has 0 radical (unpaired) electrons. The maximum Gasteiger partial charge on any atom is 0.336 e. The highest BCUT2D eigenvalue weighted by atomic mass is 19.1. The van der Waals surface area contributed by atoms with Crippen LogP contribution in [0.15, 0.2) is 46.9 Å². The van der Waals surface area contributed by atoms with Crippen molar-refractivity contribution in [1.29, 1.82) is 0 Å². The van der Waals surface area contributed by atoms with Gasteiger partial charge in [-0.05, 0) is 31.2 Å². The van der Waals surface area contributed by atoms with Gasteiger partial charge in [-0.3, -0.25) is 0 Å². The van der Waals surface area contributed by atoms with Gasteiger partial charge in [-0.15, -0.1) is 0 Å². The minimum absolute atomic E-state index is 0.134. The quantitative estimate of drug-likeness (QED) is 0.757. The molecule has 0 unspecified atom stereocenters. The van der Waals surface area contributed by atoms with E-state index in [4.69, 9.17) is 4.42 Å². The molecule has 4 heteroatoms. The summed E-state index contributed by atoms with van der Waals surface area (Å²) in [5, 5.41) is 9.84. The van der Waals surface area contributed by atoms with Gasteiger partial charge in [0.1, 0.15) is 5.76 Å². The van der Waals surface area contributed by atoms with E-state index < -0.39 is 11.8 Å². The molecule has 1 aromatic heterocycles. The van der Waals surface area contributed by atoms with E-state index >= 15 is 0 Å². The molecule has 1 N–H and O–H groups in total. The number of hydrogen-bond acceptors (Lipinski definition) is 2. The maximum absolute atomic E-state index is 13.6. The molecule has 0 aliphatic rings. The molecule has 3 aromatic rings. The van der Waals surface area contributed by atoms with Crippen molar-refractivity contribution in [2.24, 2.45) is 0 Å². The van der Waals surface area contributed by atoms with Crippen molar-refractivity contribution in [2.75, 3.05) is 0 Å². The lowest BCUT2D eigenvalue weighted by atomic mass is 10.0. The smallest absolute Gasteiger partial charge is 0.336 e. The first kappa shape index (κ1) is 12.4. The number of carboxylic acid groups (broad SMARTS) is 1. The predicted molar refractivity (Wildman–Crippen MR) is 73.3 cm³/mol. The molecular weight excluding hydrogens is 259 g/mol. The molecule has 0 fully saturated rings. The molecule has 3 rings (SSSR count). The number of aromatic carboxylic acids is 1. The lowest BCUT2D eigenvalue weighted by Gasteiger charge is -2.04. The molecule has 3 nitrogen and oxygen atoms in total. The van der Waals surface area contributed by atoms with Crippen molar-refractivity contribution >= 4 is 16.9 Å². The number of carbonyl (C=O) groups is 1. The Bertz CT molecular complexity index is 818. The van der Waals surface area contributed by atoms with Gasteiger partial charge in [-0.2, -0.15) is 0 Å².